The van der Waals surface area contributed by atoms with E-state index in [1.165, 1.54) is 0 Å². The van der Waals surface area contributed by atoms with Crippen molar-refractivity contribution < 1.29 is 43.9 Å². The number of halogens is 12. The molecule has 2 aromatic rings. The summed E-state index contributed by atoms with van der Waals surface area (Å²) in [6.45, 7) is 0. The summed E-state index contributed by atoms with van der Waals surface area (Å²) in [6.07, 6.45) is -10.8. The number of rotatable bonds is 3. The van der Waals surface area contributed by atoms with E-state index < -0.39 is 74.3 Å². The van der Waals surface area contributed by atoms with Crippen LogP contribution in [0.2, 0.25) is 10.0 Å². The van der Waals surface area contributed by atoms with Crippen LogP contribution in [-0.2, 0) is 18.8 Å². The number of hydrogen-bond donors (Lipinski definition) is 0. The standard InChI is InChI=1S/C16H5Cl2F10/c17-9-3-7(15(23,24)25)13(21)11(19)5(9)1-2-6-10(18)4-8(16(26,27)28)14(22)12(6)20/h1,3-4H,2H2. The lowest BCUT2D eigenvalue weighted by Gasteiger charge is -2.15. The van der Waals surface area contributed by atoms with E-state index in [9.17, 15) is 43.9 Å². The Kier molecular flexibility index (Phi) is 6.16. The first-order valence-electron chi connectivity index (χ1n) is 6.97. The van der Waals surface area contributed by atoms with Crippen molar-refractivity contribution in [1.82, 2.24) is 0 Å². The zero-order chi connectivity index (χ0) is 21.6. The van der Waals surface area contributed by atoms with E-state index in [2.05, 4.69) is 0 Å². The van der Waals surface area contributed by atoms with Crippen LogP contribution in [0.1, 0.15) is 22.3 Å². The minimum atomic E-state index is -5.25. The molecule has 0 saturated heterocycles. The lowest BCUT2D eigenvalue weighted by atomic mass is 9.99. The molecule has 0 aliphatic heterocycles. The molecular formula is C16H5Cl2F10. The molecule has 0 N–H and O–H groups in total. The lowest BCUT2D eigenvalue weighted by molar-refractivity contribution is -0.141. The molecule has 0 aromatic heterocycles. The first kappa shape index (κ1) is 22.6. The summed E-state index contributed by atoms with van der Waals surface area (Å²) in [4.78, 5) is 0. The van der Waals surface area contributed by atoms with Crippen molar-refractivity contribution in [1.29, 1.82) is 0 Å². The van der Waals surface area contributed by atoms with Gasteiger partial charge in [-0.3, -0.25) is 0 Å². The first-order valence-corrected chi connectivity index (χ1v) is 7.73. The molecule has 2 rings (SSSR count). The molecule has 0 bridgehead atoms. The molecule has 0 saturated carbocycles. The van der Waals surface area contributed by atoms with Crippen LogP contribution in [0.25, 0.3) is 0 Å². The van der Waals surface area contributed by atoms with Gasteiger partial charge in [0.15, 0.2) is 23.3 Å². The highest BCUT2D eigenvalue weighted by atomic mass is 35.5. The quantitative estimate of drug-likeness (QED) is 0.333. The fraction of sp³-hybridized carbons (Fsp3) is 0.188. The fourth-order valence-electron chi connectivity index (χ4n) is 2.23. The fourth-order valence-corrected chi connectivity index (χ4v) is 2.77. The predicted octanol–water partition coefficient (Wildman–Crippen LogP) is 7.38. The molecule has 0 spiro atoms. The zero-order valence-corrected chi connectivity index (χ0v) is 14.5. The summed E-state index contributed by atoms with van der Waals surface area (Å²) in [6, 6.07) is 0.172. The van der Waals surface area contributed by atoms with Crippen molar-refractivity contribution in [3.05, 3.63) is 74.1 Å². The second-order valence-electron chi connectivity index (χ2n) is 5.36. The molecule has 1 radical (unpaired) electrons. The minimum absolute atomic E-state index is 0.0805. The van der Waals surface area contributed by atoms with Gasteiger partial charge in [-0.2, -0.15) is 26.3 Å². The van der Waals surface area contributed by atoms with E-state index in [0.717, 1.165) is 0 Å². The van der Waals surface area contributed by atoms with Crippen LogP contribution < -0.4 is 0 Å². The summed E-state index contributed by atoms with van der Waals surface area (Å²) in [5.41, 5.74) is -5.76. The molecule has 0 amide bonds. The normalized spacial score (nSPS) is 12.6. The summed E-state index contributed by atoms with van der Waals surface area (Å²) < 4.78 is 131. The van der Waals surface area contributed by atoms with Gasteiger partial charge in [0, 0.05) is 21.2 Å². The van der Waals surface area contributed by atoms with Gasteiger partial charge >= 0.3 is 12.4 Å². The molecule has 0 aliphatic rings. The highest BCUT2D eigenvalue weighted by molar-refractivity contribution is 6.32. The van der Waals surface area contributed by atoms with Crippen LogP contribution in [0, 0.1) is 29.7 Å². The summed E-state index contributed by atoms with van der Waals surface area (Å²) in [5, 5.41) is -1.79. The zero-order valence-electron chi connectivity index (χ0n) is 13.0. The van der Waals surface area contributed by atoms with E-state index in [4.69, 9.17) is 23.2 Å². The number of alkyl halides is 6. The average molecular weight is 458 g/mol. The van der Waals surface area contributed by atoms with Crippen LogP contribution in [-0.4, -0.2) is 0 Å². The molecule has 0 unspecified atom stereocenters. The maximum Gasteiger partial charge on any atom is 0.419 e. The van der Waals surface area contributed by atoms with Crippen molar-refractivity contribution >= 4 is 23.2 Å². The molecule has 0 nitrogen and oxygen atoms in total. The Hall–Kier alpha value is -1.68. The topological polar surface area (TPSA) is 0 Å². The molecule has 2 aromatic carbocycles. The van der Waals surface area contributed by atoms with Crippen molar-refractivity contribution in [3.8, 4) is 0 Å². The van der Waals surface area contributed by atoms with E-state index >= 15 is 0 Å². The van der Waals surface area contributed by atoms with Crippen molar-refractivity contribution in [2.24, 2.45) is 0 Å². The number of benzene rings is 2. The maximum absolute atomic E-state index is 13.9. The van der Waals surface area contributed by atoms with Gasteiger partial charge in [0.2, 0.25) is 0 Å². The smallest absolute Gasteiger partial charge is 0.203 e. The van der Waals surface area contributed by atoms with Gasteiger partial charge < -0.3 is 0 Å². The highest BCUT2D eigenvalue weighted by Gasteiger charge is 2.38. The van der Waals surface area contributed by atoms with Crippen molar-refractivity contribution in [2.75, 3.05) is 0 Å². The molecule has 153 valence electrons. The van der Waals surface area contributed by atoms with Crippen molar-refractivity contribution in [3.63, 3.8) is 0 Å². The van der Waals surface area contributed by atoms with E-state index in [0.29, 0.717) is 6.42 Å². The molecule has 12 heteroatoms. The summed E-state index contributed by atoms with van der Waals surface area (Å²) >= 11 is 11.0. The van der Waals surface area contributed by atoms with Gasteiger partial charge in [-0.05, 0) is 25.0 Å². The monoisotopic (exact) mass is 457 g/mol. The first-order chi connectivity index (χ1) is 12.7. The molecule has 0 heterocycles. The summed E-state index contributed by atoms with van der Waals surface area (Å²) in [5.74, 6) is -8.58. The Morgan fingerprint density at radius 2 is 1.11 bits per heavy atom. The summed E-state index contributed by atoms with van der Waals surface area (Å²) in [7, 11) is 0. The van der Waals surface area contributed by atoms with Crippen molar-refractivity contribution in [2.45, 2.75) is 18.8 Å². The molecule has 0 atom stereocenters. The second-order valence-corrected chi connectivity index (χ2v) is 6.18. The molecule has 0 fully saturated rings. The highest BCUT2D eigenvalue weighted by Crippen LogP contribution is 2.39. The molecule has 28 heavy (non-hydrogen) atoms. The Morgan fingerprint density at radius 1 is 0.679 bits per heavy atom. The van der Waals surface area contributed by atoms with Crippen LogP contribution >= 0.6 is 23.2 Å². The van der Waals surface area contributed by atoms with Gasteiger partial charge in [-0.15, -0.1) is 0 Å². The second kappa shape index (κ2) is 7.62. The van der Waals surface area contributed by atoms with Crippen LogP contribution in [0.4, 0.5) is 43.9 Å². The Labute approximate surface area is 160 Å². The Balaban J connectivity index is 2.43. The Bertz CT molecular complexity index is 840. The number of hydrogen-bond acceptors (Lipinski definition) is 0. The van der Waals surface area contributed by atoms with Gasteiger partial charge in [-0.1, -0.05) is 23.2 Å². The third-order valence-electron chi connectivity index (χ3n) is 3.57. The van der Waals surface area contributed by atoms with Crippen LogP contribution in [0.5, 0.6) is 0 Å². The predicted molar refractivity (Wildman–Crippen MR) is 79.8 cm³/mol. The Morgan fingerprint density at radius 3 is 1.57 bits per heavy atom. The van der Waals surface area contributed by atoms with Gasteiger partial charge in [0.1, 0.15) is 0 Å². The van der Waals surface area contributed by atoms with Crippen LogP contribution in [0.15, 0.2) is 12.1 Å². The van der Waals surface area contributed by atoms with Gasteiger partial charge in [0.25, 0.3) is 0 Å². The third-order valence-corrected chi connectivity index (χ3v) is 4.22. The van der Waals surface area contributed by atoms with E-state index in [1.54, 1.807) is 0 Å². The molecule has 0 aliphatic carbocycles. The average Bonchev–Trinajstić information content (AvgIpc) is 2.54. The third kappa shape index (κ3) is 4.32. The SMILES string of the molecule is Fc1c(C(F)(F)F)cc(Cl)c([CH]Cc2c(Cl)cc(C(F)(F)F)c(F)c2F)c1F. The van der Waals surface area contributed by atoms with Gasteiger partial charge in [-0.25, -0.2) is 17.6 Å². The maximum atomic E-state index is 13.9. The minimum Gasteiger partial charge on any atom is -0.203 e. The van der Waals surface area contributed by atoms with Gasteiger partial charge in [0.05, 0.1) is 11.1 Å². The van der Waals surface area contributed by atoms with E-state index in [1.807, 2.05) is 0 Å². The lowest BCUT2D eigenvalue weighted by Crippen LogP contribution is -2.13. The molecular weight excluding hydrogens is 453 g/mol. The van der Waals surface area contributed by atoms with Crippen LogP contribution in [0.3, 0.4) is 0 Å². The largest absolute Gasteiger partial charge is 0.419 e. The van der Waals surface area contributed by atoms with E-state index in [-0.39, 0.29) is 12.1 Å².